The van der Waals surface area contributed by atoms with E-state index in [0.29, 0.717) is 12.2 Å². The second-order valence-electron chi connectivity index (χ2n) is 3.00. The molecular formula is C11H13FO3. The van der Waals surface area contributed by atoms with Crippen molar-refractivity contribution in [3.8, 4) is 5.75 Å². The lowest BCUT2D eigenvalue weighted by Gasteiger charge is -2.10. The number of methoxy groups -OCH3 is 1. The van der Waals surface area contributed by atoms with Crippen molar-refractivity contribution >= 4 is 5.97 Å². The number of esters is 1. The van der Waals surface area contributed by atoms with E-state index in [2.05, 4.69) is 4.74 Å². The first-order chi connectivity index (χ1) is 7.11. The quantitative estimate of drug-likeness (QED) is 0.721. The van der Waals surface area contributed by atoms with Gasteiger partial charge in [-0.3, -0.25) is 0 Å². The fourth-order valence-corrected chi connectivity index (χ4v) is 1.21. The Bertz CT molecular complexity index is 374. The van der Waals surface area contributed by atoms with E-state index >= 15 is 0 Å². The lowest BCUT2D eigenvalue weighted by atomic mass is 10.1. The molecule has 1 aromatic carbocycles. The molecule has 0 atom stereocenters. The molecule has 0 bridgehead atoms. The number of carbonyl (C=O) groups is 1. The highest BCUT2D eigenvalue weighted by molar-refractivity contribution is 5.92. The van der Waals surface area contributed by atoms with Crippen LogP contribution in [-0.2, 0) is 4.74 Å². The Morgan fingerprint density at radius 2 is 2.13 bits per heavy atom. The van der Waals surface area contributed by atoms with Crippen LogP contribution in [0.5, 0.6) is 5.75 Å². The van der Waals surface area contributed by atoms with Crippen molar-refractivity contribution in [1.82, 2.24) is 0 Å². The SMILES string of the molecule is CCOc1c(C(=O)OC)ccc(C)c1F. The van der Waals surface area contributed by atoms with Gasteiger partial charge in [-0.2, -0.15) is 0 Å². The van der Waals surface area contributed by atoms with Gasteiger partial charge in [0.05, 0.1) is 13.7 Å². The van der Waals surface area contributed by atoms with Crippen LogP contribution in [0.2, 0.25) is 0 Å². The number of carbonyl (C=O) groups excluding carboxylic acids is 1. The molecule has 0 fully saturated rings. The number of halogens is 1. The topological polar surface area (TPSA) is 35.5 Å². The molecule has 82 valence electrons. The van der Waals surface area contributed by atoms with E-state index in [1.165, 1.54) is 19.2 Å². The Balaban J connectivity index is 3.26. The van der Waals surface area contributed by atoms with Gasteiger partial charge in [-0.05, 0) is 25.5 Å². The lowest BCUT2D eigenvalue weighted by molar-refractivity contribution is 0.0595. The smallest absolute Gasteiger partial charge is 0.341 e. The summed E-state index contributed by atoms with van der Waals surface area (Å²) in [5.74, 6) is -1.15. The number of ether oxygens (including phenoxy) is 2. The Hall–Kier alpha value is -1.58. The monoisotopic (exact) mass is 212 g/mol. The molecule has 0 heterocycles. The Kier molecular flexibility index (Phi) is 3.66. The number of aryl methyl sites for hydroxylation is 1. The first kappa shape index (κ1) is 11.5. The summed E-state index contributed by atoms with van der Waals surface area (Å²) in [6.07, 6.45) is 0. The molecule has 3 nitrogen and oxygen atoms in total. The molecule has 1 aromatic rings. The van der Waals surface area contributed by atoms with E-state index in [-0.39, 0.29) is 11.3 Å². The zero-order chi connectivity index (χ0) is 11.4. The zero-order valence-electron chi connectivity index (χ0n) is 8.96. The molecule has 0 radical (unpaired) electrons. The molecule has 4 heteroatoms. The molecule has 0 aliphatic carbocycles. The summed E-state index contributed by atoms with van der Waals surface area (Å²) >= 11 is 0. The predicted molar refractivity (Wildman–Crippen MR) is 53.6 cm³/mol. The third kappa shape index (κ3) is 2.26. The molecular weight excluding hydrogens is 199 g/mol. The van der Waals surface area contributed by atoms with Crippen LogP contribution in [-0.4, -0.2) is 19.7 Å². The number of hydrogen-bond acceptors (Lipinski definition) is 3. The Morgan fingerprint density at radius 1 is 1.47 bits per heavy atom. The van der Waals surface area contributed by atoms with E-state index in [9.17, 15) is 9.18 Å². The summed E-state index contributed by atoms with van der Waals surface area (Å²) < 4.78 is 23.2. The molecule has 0 aliphatic rings. The van der Waals surface area contributed by atoms with Gasteiger partial charge < -0.3 is 9.47 Å². The second-order valence-corrected chi connectivity index (χ2v) is 3.00. The van der Waals surface area contributed by atoms with E-state index < -0.39 is 11.8 Å². The third-order valence-electron chi connectivity index (χ3n) is 1.98. The van der Waals surface area contributed by atoms with Gasteiger partial charge in [-0.25, -0.2) is 9.18 Å². The average Bonchev–Trinajstić information content (AvgIpc) is 2.24. The standard InChI is InChI=1S/C11H13FO3/c1-4-15-10-8(11(13)14-3)6-5-7(2)9(10)12/h5-6H,4H2,1-3H3. The normalized spacial score (nSPS) is 9.87. The van der Waals surface area contributed by atoms with Crippen LogP contribution >= 0.6 is 0 Å². The minimum Gasteiger partial charge on any atom is -0.490 e. The second kappa shape index (κ2) is 4.77. The van der Waals surface area contributed by atoms with Crippen molar-refractivity contribution in [2.24, 2.45) is 0 Å². The number of hydrogen-bond donors (Lipinski definition) is 0. The van der Waals surface area contributed by atoms with E-state index in [4.69, 9.17) is 4.74 Å². The van der Waals surface area contributed by atoms with Crippen LogP contribution in [0.25, 0.3) is 0 Å². The molecule has 0 saturated carbocycles. The van der Waals surface area contributed by atoms with Gasteiger partial charge in [-0.1, -0.05) is 6.07 Å². The van der Waals surface area contributed by atoms with Crippen LogP contribution in [0.1, 0.15) is 22.8 Å². The van der Waals surface area contributed by atoms with Gasteiger partial charge in [0.25, 0.3) is 0 Å². The van der Waals surface area contributed by atoms with Crippen molar-refractivity contribution in [2.75, 3.05) is 13.7 Å². The van der Waals surface area contributed by atoms with Crippen molar-refractivity contribution in [1.29, 1.82) is 0 Å². The van der Waals surface area contributed by atoms with Gasteiger partial charge >= 0.3 is 5.97 Å². The molecule has 15 heavy (non-hydrogen) atoms. The number of rotatable bonds is 3. The minimum atomic E-state index is -0.600. The van der Waals surface area contributed by atoms with Crippen LogP contribution in [0.4, 0.5) is 4.39 Å². The van der Waals surface area contributed by atoms with Gasteiger partial charge in [0.15, 0.2) is 11.6 Å². The number of benzene rings is 1. The molecule has 0 aliphatic heterocycles. The largest absolute Gasteiger partial charge is 0.490 e. The highest BCUT2D eigenvalue weighted by Gasteiger charge is 2.18. The van der Waals surface area contributed by atoms with Crippen LogP contribution < -0.4 is 4.74 Å². The van der Waals surface area contributed by atoms with Crippen molar-refractivity contribution in [2.45, 2.75) is 13.8 Å². The van der Waals surface area contributed by atoms with Crippen molar-refractivity contribution < 1.29 is 18.7 Å². The first-order valence-electron chi connectivity index (χ1n) is 4.62. The average molecular weight is 212 g/mol. The molecule has 0 N–H and O–H groups in total. The van der Waals surface area contributed by atoms with Crippen molar-refractivity contribution in [3.63, 3.8) is 0 Å². The molecule has 0 unspecified atom stereocenters. The van der Waals surface area contributed by atoms with Gasteiger partial charge in [0.2, 0.25) is 0 Å². The van der Waals surface area contributed by atoms with Crippen LogP contribution in [0.15, 0.2) is 12.1 Å². The van der Waals surface area contributed by atoms with Gasteiger partial charge in [0.1, 0.15) is 5.56 Å². The highest BCUT2D eigenvalue weighted by Crippen LogP contribution is 2.26. The lowest BCUT2D eigenvalue weighted by Crippen LogP contribution is -2.08. The molecule has 0 saturated heterocycles. The highest BCUT2D eigenvalue weighted by atomic mass is 19.1. The third-order valence-corrected chi connectivity index (χ3v) is 1.98. The van der Waals surface area contributed by atoms with E-state index in [0.717, 1.165) is 0 Å². The van der Waals surface area contributed by atoms with E-state index in [1.807, 2.05) is 0 Å². The summed E-state index contributed by atoms with van der Waals surface area (Å²) in [5.41, 5.74) is 0.550. The maximum Gasteiger partial charge on any atom is 0.341 e. The summed E-state index contributed by atoms with van der Waals surface area (Å²) in [4.78, 5) is 11.3. The maximum atomic E-state index is 13.6. The maximum absolute atomic E-state index is 13.6. The fraction of sp³-hybridized carbons (Fsp3) is 0.364. The minimum absolute atomic E-state index is 0.0376. The predicted octanol–water partition coefficient (Wildman–Crippen LogP) is 2.32. The summed E-state index contributed by atoms with van der Waals surface area (Å²) in [5, 5.41) is 0. The zero-order valence-corrected chi connectivity index (χ0v) is 8.96. The van der Waals surface area contributed by atoms with Crippen LogP contribution in [0.3, 0.4) is 0 Å². The summed E-state index contributed by atoms with van der Waals surface area (Å²) in [7, 11) is 1.25. The summed E-state index contributed by atoms with van der Waals surface area (Å²) in [6, 6.07) is 3.01. The molecule has 0 aromatic heterocycles. The molecule has 1 rings (SSSR count). The summed E-state index contributed by atoms with van der Waals surface area (Å²) in [6.45, 7) is 3.63. The fourth-order valence-electron chi connectivity index (χ4n) is 1.21. The van der Waals surface area contributed by atoms with Crippen LogP contribution in [0, 0.1) is 12.7 Å². The first-order valence-corrected chi connectivity index (χ1v) is 4.62. The van der Waals surface area contributed by atoms with Gasteiger partial charge in [-0.15, -0.1) is 0 Å². The van der Waals surface area contributed by atoms with Crippen molar-refractivity contribution in [3.05, 3.63) is 29.1 Å². The van der Waals surface area contributed by atoms with E-state index in [1.54, 1.807) is 13.8 Å². The Labute approximate surface area is 87.8 Å². The Morgan fingerprint density at radius 3 is 2.67 bits per heavy atom. The van der Waals surface area contributed by atoms with Gasteiger partial charge in [0, 0.05) is 0 Å². The molecule has 0 spiro atoms. The molecule has 0 amide bonds.